The third kappa shape index (κ3) is 2.54. The average Bonchev–Trinajstić information content (AvgIpc) is 2.53. The fraction of sp³-hybridized carbons (Fsp3) is 0.0588. The first-order chi connectivity index (χ1) is 10.2. The highest BCUT2D eigenvalue weighted by Gasteiger charge is 2.16. The Bertz CT molecular complexity index is 830. The Morgan fingerprint density at radius 1 is 1.14 bits per heavy atom. The molecular formula is C17H12BrNO2. The van der Waals surface area contributed by atoms with E-state index in [1.165, 1.54) is 7.11 Å². The lowest BCUT2D eigenvalue weighted by atomic mass is 10.00. The second kappa shape index (κ2) is 5.66. The Morgan fingerprint density at radius 3 is 2.76 bits per heavy atom. The standard InChI is InChI=1S/C17H12BrNO2/c1-21-17(20)13-6-4-7-14(18)16(13)12-9-11-5-2-3-8-15(11)19-10-12/h2-10H,1H3. The fourth-order valence-corrected chi connectivity index (χ4v) is 2.90. The smallest absolute Gasteiger partial charge is 0.338 e. The van der Waals surface area contributed by atoms with Gasteiger partial charge in [0, 0.05) is 27.2 Å². The molecule has 0 saturated heterocycles. The monoisotopic (exact) mass is 341 g/mol. The van der Waals surface area contributed by atoms with Crippen LogP contribution in [0.2, 0.25) is 0 Å². The van der Waals surface area contributed by atoms with Gasteiger partial charge in [0.25, 0.3) is 0 Å². The first kappa shape index (κ1) is 13.8. The van der Waals surface area contributed by atoms with Gasteiger partial charge in [-0.3, -0.25) is 4.98 Å². The molecule has 0 saturated carbocycles. The molecule has 2 aromatic carbocycles. The van der Waals surface area contributed by atoms with Crippen molar-refractivity contribution in [3.05, 3.63) is 64.8 Å². The van der Waals surface area contributed by atoms with Gasteiger partial charge in [0.2, 0.25) is 0 Å². The zero-order valence-electron chi connectivity index (χ0n) is 11.3. The van der Waals surface area contributed by atoms with Crippen LogP contribution in [0.25, 0.3) is 22.0 Å². The van der Waals surface area contributed by atoms with E-state index in [9.17, 15) is 4.79 Å². The number of hydrogen-bond donors (Lipinski definition) is 0. The lowest BCUT2D eigenvalue weighted by Gasteiger charge is -2.11. The lowest BCUT2D eigenvalue weighted by molar-refractivity contribution is 0.0601. The van der Waals surface area contributed by atoms with E-state index in [2.05, 4.69) is 20.9 Å². The summed E-state index contributed by atoms with van der Waals surface area (Å²) in [6, 6.07) is 15.4. The molecule has 3 aromatic rings. The second-order valence-electron chi connectivity index (χ2n) is 4.57. The number of halogens is 1. The second-order valence-corrected chi connectivity index (χ2v) is 5.43. The predicted octanol–water partition coefficient (Wildman–Crippen LogP) is 4.45. The zero-order chi connectivity index (χ0) is 14.8. The van der Waals surface area contributed by atoms with Crippen LogP contribution in [0.15, 0.2) is 59.2 Å². The third-order valence-corrected chi connectivity index (χ3v) is 3.96. The van der Waals surface area contributed by atoms with Crippen molar-refractivity contribution >= 4 is 32.8 Å². The van der Waals surface area contributed by atoms with Crippen LogP contribution in [0.3, 0.4) is 0 Å². The van der Waals surface area contributed by atoms with E-state index in [4.69, 9.17) is 4.74 Å². The van der Waals surface area contributed by atoms with Crippen LogP contribution in [0.1, 0.15) is 10.4 Å². The quantitative estimate of drug-likeness (QED) is 0.646. The minimum atomic E-state index is -0.362. The number of carbonyl (C=O) groups excluding carboxylic acids is 1. The van der Waals surface area contributed by atoms with Gasteiger partial charge in [0.1, 0.15) is 0 Å². The molecule has 4 heteroatoms. The minimum absolute atomic E-state index is 0.362. The number of aromatic nitrogens is 1. The molecule has 0 unspecified atom stereocenters. The first-order valence-corrected chi connectivity index (χ1v) is 7.22. The molecule has 0 atom stereocenters. The topological polar surface area (TPSA) is 39.2 Å². The number of carbonyl (C=O) groups is 1. The lowest BCUT2D eigenvalue weighted by Crippen LogP contribution is -2.04. The number of fused-ring (bicyclic) bond motifs is 1. The van der Waals surface area contributed by atoms with Crippen molar-refractivity contribution < 1.29 is 9.53 Å². The first-order valence-electron chi connectivity index (χ1n) is 6.42. The van der Waals surface area contributed by atoms with E-state index in [1.54, 1.807) is 12.3 Å². The van der Waals surface area contributed by atoms with Gasteiger partial charge in [0.05, 0.1) is 18.2 Å². The number of methoxy groups -OCH3 is 1. The maximum atomic E-state index is 12.0. The minimum Gasteiger partial charge on any atom is -0.465 e. The largest absolute Gasteiger partial charge is 0.465 e. The van der Waals surface area contributed by atoms with Gasteiger partial charge in [-0.25, -0.2) is 4.79 Å². The Balaban J connectivity index is 2.24. The molecule has 0 aliphatic carbocycles. The van der Waals surface area contributed by atoms with Crippen LogP contribution in [0.4, 0.5) is 0 Å². The van der Waals surface area contributed by atoms with Gasteiger partial charge in [-0.05, 0) is 24.3 Å². The highest BCUT2D eigenvalue weighted by Crippen LogP contribution is 2.33. The normalized spacial score (nSPS) is 10.6. The fourth-order valence-electron chi connectivity index (χ4n) is 2.31. The van der Waals surface area contributed by atoms with E-state index >= 15 is 0 Å². The Hall–Kier alpha value is -2.20. The van der Waals surface area contributed by atoms with Crippen molar-refractivity contribution in [1.29, 1.82) is 0 Å². The summed E-state index contributed by atoms with van der Waals surface area (Å²) in [5, 5.41) is 1.03. The van der Waals surface area contributed by atoms with Crippen LogP contribution in [-0.2, 0) is 4.74 Å². The molecule has 104 valence electrons. The zero-order valence-corrected chi connectivity index (χ0v) is 12.9. The summed E-state index contributed by atoms with van der Waals surface area (Å²) in [6.45, 7) is 0. The summed E-state index contributed by atoms with van der Waals surface area (Å²) in [4.78, 5) is 16.4. The van der Waals surface area contributed by atoms with E-state index in [-0.39, 0.29) is 5.97 Å². The molecule has 0 N–H and O–H groups in total. The summed E-state index contributed by atoms with van der Waals surface area (Å²) in [5.74, 6) is -0.362. The number of nitrogens with zero attached hydrogens (tertiary/aromatic N) is 1. The number of pyridine rings is 1. The molecule has 0 bridgehead atoms. The molecule has 0 fully saturated rings. The maximum Gasteiger partial charge on any atom is 0.338 e. The molecule has 1 aromatic heterocycles. The highest BCUT2D eigenvalue weighted by atomic mass is 79.9. The molecule has 0 radical (unpaired) electrons. The molecule has 0 spiro atoms. The number of rotatable bonds is 2. The van der Waals surface area contributed by atoms with Crippen LogP contribution < -0.4 is 0 Å². The van der Waals surface area contributed by atoms with E-state index < -0.39 is 0 Å². The Morgan fingerprint density at radius 2 is 1.95 bits per heavy atom. The Labute approximate surface area is 130 Å². The SMILES string of the molecule is COC(=O)c1cccc(Br)c1-c1cnc2ccccc2c1. The molecule has 3 rings (SSSR count). The number of para-hydroxylation sites is 1. The number of hydrogen-bond acceptors (Lipinski definition) is 3. The number of benzene rings is 2. The van der Waals surface area contributed by atoms with Gasteiger partial charge in [-0.1, -0.05) is 40.2 Å². The molecule has 21 heavy (non-hydrogen) atoms. The van der Waals surface area contributed by atoms with Crippen LogP contribution in [-0.4, -0.2) is 18.1 Å². The predicted molar refractivity (Wildman–Crippen MR) is 86.2 cm³/mol. The van der Waals surface area contributed by atoms with E-state index in [0.717, 1.165) is 26.5 Å². The van der Waals surface area contributed by atoms with Gasteiger partial charge >= 0.3 is 5.97 Å². The van der Waals surface area contributed by atoms with Crippen molar-refractivity contribution in [2.24, 2.45) is 0 Å². The summed E-state index contributed by atoms with van der Waals surface area (Å²) in [7, 11) is 1.38. The van der Waals surface area contributed by atoms with E-state index in [0.29, 0.717) is 5.56 Å². The van der Waals surface area contributed by atoms with Crippen LogP contribution in [0, 0.1) is 0 Å². The molecule has 0 aliphatic heterocycles. The molecule has 1 heterocycles. The van der Waals surface area contributed by atoms with Crippen molar-refractivity contribution in [1.82, 2.24) is 4.98 Å². The van der Waals surface area contributed by atoms with Gasteiger partial charge in [0.15, 0.2) is 0 Å². The Kier molecular flexibility index (Phi) is 3.71. The summed E-state index contributed by atoms with van der Waals surface area (Å²) in [6.07, 6.45) is 1.77. The highest BCUT2D eigenvalue weighted by molar-refractivity contribution is 9.10. The summed E-state index contributed by atoms with van der Waals surface area (Å²) >= 11 is 3.51. The van der Waals surface area contributed by atoms with Crippen LogP contribution in [0.5, 0.6) is 0 Å². The molecule has 0 amide bonds. The van der Waals surface area contributed by atoms with Crippen molar-refractivity contribution in [2.75, 3.05) is 7.11 Å². The average molecular weight is 342 g/mol. The third-order valence-electron chi connectivity index (χ3n) is 3.30. The van der Waals surface area contributed by atoms with Gasteiger partial charge in [-0.2, -0.15) is 0 Å². The molecule has 0 aliphatic rings. The number of esters is 1. The van der Waals surface area contributed by atoms with Gasteiger partial charge in [-0.15, -0.1) is 0 Å². The van der Waals surface area contributed by atoms with E-state index in [1.807, 2.05) is 42.5 Å². The summed E-state index contributed by atoms with van der Waals surface area (Å²) < 4.78 is 5.70. The van der Waals surface area contributed by atoms with Crippen molar-refractivity contribution in [3.63, 3.8) is 0 Å². The molecular weight excluding hydrogens is 330 g/mol. The number of ether oxygens (including phenoxy) is 1. The van der Waals surface area contributed by atoms with Crippen molar-refractivity contribution in [3.8, 4) is 11.1 Å². The maximum absolute atomic E-state index is 12.0. The summed E-state index contributed by atoms with van der Waals surface area (Å²) in [5.41, 5.74) is 3.11. The molecule has 3 nitrogen and oxygen atoms in total. The van der Waals surface area contributed by atoms with Gasteiger partial charge < -0.3 is 4.74 Å². The van der Waals surface area contributed by atoms with Crippen molar-refractivity contribution in [2.45, 2.75) is 0 Å². The van der Waals surface area contributed by atoms with Crippen LogP contribution >= 0.6 is 15.9 Å².